The largest absolute Gasteiger partial charge is 0.459 e. The zero-order valence-electron chi connectivity index (χ0n) is 40.9. The average molecular weight is 948 g/mol. The summed E-state index contributed by atoms with van der Waals surface area (Å²) >= 11 is 0. The quantitative estimate of drug-likeness (QED) is 0.0703. The van der Waals surface area contributed by atoms with Crippen molar-refractivity contribution in [3.05, 3.63) is 92.9 Å². The zero-order valence-corrected chi connectivity index (χ0v) is 40.9. The minimum Gasteiger partial charge on any atom is -0.459 e. The summed E-state index contributed by atoms with van der Waals surface area (Å²) in [5.74, 6) is -1.73. The van der Waals surface area contributed by atoms with Gasteiger partial charge >= 0.3 is 5.97 Å². The highest BCUT2D eigenvalue weighted by molar-refractivity contribution is 5.93. The highest BCUT2D eigenvalue weighted by Crippen LogP contribution is 2.42. The van der Waals surface area contributed by atoms with Crippen LogP contribution in [0.3, 0.4) is 0 Å². The van der Waals surface area contributed by atoms with Crippen LogP contribution in [0, 0.1) is 18.7 Å². The maximum absolute atomic E-state index is 14.5. The number of pyridine rings is 1. The summed E-state index contributed by atoms with van der Waals surface area (Å²) in [6.45, 7) is 15.8. The SMILES string of the molecule is CC.CC.CC(=O)NC(C)Cc1ccccc1.CC(=O)NCOCCN(CC(N)=O)C(=O)C1CC1.Cc1c(F)cc2nc3c(c4c2c1CCC4)CN(C)/C3=C\C1=C(C=O)COC(=O)C1O.NC=O. The Bertz CT molecular complexity index is 2280. The summed E-state index contributed by atoms with van der Waals surface area (Å²) in [5.41, 5.74) is 17.0. The molecule has 1 aromatic heterocycles. The van der Waals surface area contributed by atoms with Gasteiger partial charge in [-0.05, 0) is 80.7 Å². The molecule has 7 N–H and O–H groups in total. The lowest BCUT2D eigenvalue weighted by molar-refractivity contribution is -0.152. The fourth-order valence-corrected chi connectivity index (χ4v) is 7.63. The minimum absolute atomic E-state index is 0.0310. The zero-order chi connectivity index (χ0) is 51.1. The highest BCUT2D eigenvalue weighted by atomic mass is 19.1. The molecular weight excluding hydrogens is 878 g/mol. The van der Waals surface area contributed by atoms with Crippen molar-refractivity contribution in [3.63, 3.8) is 0 Å². The molecule has 0 radical (unpaired) electrons. The molecule has 3 heterocycles. The van der Waals surface area contributed by atoms with Crippen LogP contribution in [0.15, 0.2) is 53.6 Å². The number of aliphatic hydroxyl groups is 1. The number of ether oxygens (including phenoxy) is 2. The van der Waals surface area contributed by atoms with Gasteiger partial charge in [0.05, 0.1) is 30.1 Å². The van der Waals surface area contributed by atoms with E-state index in [0.717, 1.165) is 55.0 Å². The van der Waals surface area contributed by atoms with Gasteiger partial charge in [0.2, 0.25) is 30.0 Å². The maximum atomic E-state index is 14.5. The standard InChI is InChI=1S/C23H21FN2O4.C11H19N3O4.C11H15NO.2C2H6.CH3NO/c1-11-13-4-3-5-14-16-8-26(2)19(21(16)25-18(20(13)14)7-17(11)24)6-15-12(9-27)10-30-23(29)22(15)28;1-8(15)13-7-18-5-4-14(6-10(12)16)11(17)9-2-3-9;1-9(12-10(2)13)8-11-6-4-3-5-7-11;2*1-2;2-1-3/h6-7,9,22,28H,3-5,8,10H2,1-2H3;9H,2-7H2,1H3,(H2,12,16)(H,13,15);3-7,9H,8H2,1-2H3,(H,12,13);2*1-2H3;1H,(H2,2,3)/b19-6-;;;;;. The number of aryl methyl sites for hydroxylation is 2. The van der Waals surface area contributed by atoms with Crippen LogP contribution in [0.2, 0.25) is 0 Å². The Kier molecular flexibility index (Phi) is 24.8. The average Bonchev–Trinajstić information content (AvgIpc) is 4.12. The van der Waals surface area contributed by atoms with Crippen LogP contribution < -0.4 is 22.1 Å². The molecular formula is C50H70FN7O10. The van der Waals surface area contributed by atoms with Gasteiger partial charge in [-0.15, -0.1) is 0 Å². The molecule has 7 rings (SSSR count). The van der Waals surface area contributed by atoms with Gasteiger partial charge in [-0.25, -0.2) is 14.2 Å². The molecule has 2 aliphatic carbocycles. The second-order valence-electron chi connectivity index (χ2n) is 15.8. The number of benzene rings is 2. The molecule has 1 fully saturated rings. The fraction of sp³-hybridized carbons (Fsp3) is 0.480. The summed E-state index contributed by atoms with van der Waals surface area (Å²) in [7, 11) is 1.90. The van der Waals surface area contributed by atoms with Crippen molar-refractivity contribution in [2.24, 2.45) is 17.4 Å². The molecule has 0 spiro atoms. The van der Waals surface area contributed by atoms with Crippen LogP contribution in [-0.2, 0) is 68.8 Å². The number of amides is 5. The minimum atomic E-state index is -1.52. The number of nitrogens with one attached hydrogen (secondary N) is 2. The van der Waals surface area contributed by atoms with Crippen LogP contribution in [0.1, 0.15) is 101 Å². The van der Waals surface area contributed by atoms with Crippen molar-refractivity contribution >= 4 is 58.9 Å². The van der Waals surface area contributed by atoms with E-state index in [2.05, 4.69) is 28.5 Å². The number of nitrogens with two attached hydrogens (primary N) is 2. The third-order valence-electron chi connectivity index (χ3n) is 10.8. The van der Waals surface area contributed by atoms with E-state index in [-0.39, 0.29) is 79.5 Å². The topological polar surface area (TPSA) is 254 Å². The molecule has 1 saturated carbocycles. The van der Waals surface area contributed by atoms with Gasteiger partial charge in [0, 0.05) is 74.1 Å². The van der Waals surface area contributed by atoms with Crippen molar-refractivity contribution in [2.75, 3.05) is 40.1 Å². The van der Waals surface area contributed by atoms with Crippen LogP contribution >= 0.6 is 0 Å². The lowest BCUT2D eigenvalue weighted by atomic mass is 9.85. The number of hydrogen-bond donors (Lipinski definition) is 5. The number of rotatable bonds is 13. The number of primary amides is 2. The molecule has 68 heavy (non-hydrogen) atoms. The molecule has 2 unspecified atom stereocenters. The molecule has 0 saturated heterocycles. The van der Waals surface area contributed by atoms with Crippen molar-refractivity contribution < 1.29 is 52.5 Å². The molecule has 372 valence electrons. The first-order valence-corrected chi connectivity index (χ1v) is 23.0. The van der Waals surface area contributed by atoms with Gasteiger partial charge in [0.25, 0.3) is 0 Å². The number of hydrogen-bond acceptors (Lipinski definition) is 12. The highest BCUT2D eigenvalue weighted by Gasteiger charge is 2.35. The Morgan fingerprint density at radius 1 is 1.04 bits per heavy atom. The van der Waals surface area contributed by atoms with Gasteiger partial charge in [-0.2, -0.15) is 0 Å². The molecule has 2 atom stereocenters. The molecule has 18 heteroatoms. The van der Waals surface area contributed by atoms with Gasteiger partial charge in [0.1, 0.15) is 25.4 Å². The Hall–Kier alpha value is -6.53. The lowest BCUT2D eigenvalue weighted by Gasteiger charge is -2.22. The Morgan fingerprint density at radius 2 is 1.68 bits per heavy atom. The monoisotopic (exact) mass is 948 g/mol. The number of cyclic esters (lactones) is 1. The van der Waals surface area contributed by atoms with Crippen molar-refractivity contribution in [2.45, 2.75) is 113 Å². The third kappa shape index (κ3) is 17.0. The molecule has 2 aliphatic heterocycles. The first-order chi connectivity index (χ1) is 32.5. The molecule has 17 nitrogen and oxygen atoms in total. The van der Waals surface area contributed by atoms with E-state index < -0.39 is 18.0 Å². The summed E-state index contributed by atoms with van der Waals surface area (Å²) in [6.07, 6.45) is 6.31. The van der Waals surface area contributed by atoms with E-state index in [4.69, 9.17) is 25.0 Å². The van der Waals surface area contributed by atoms with E-state index in [1.807, 2.05) is 71.7 Å². The van der Waals surface area contributed by atoms with Gasteiger partial charge in [-0.1, -0.05) is 58.0 Å². The second kappa shape index (κ2) is 29.3. The van der Waals surface area contributed by atoms with Crippen LogP contribution in [0.4, 0.5) is 4.39 Å². The van der Waals surface area contributed by atoms with E-state index in [1.54, 1.807) is 13.0 Å². The summed E-state index contributed by atoms with van der Waals surface area (Å²) in [4.78, 5) is 84.0. The molecule has 3 aromatic rings. The van der Waals surface area contributed by atoms with Gasteiger partial charge < -0.3 is 46.5 Å². The summed E-state index contributed by atoms with van der Waals surface area (Å²) < 4.78 is 24.5. The normalized spacial score (nSPS) is 16.1. The first-order valence-electron chi connectivity index (χ1n) is 23.0. The Labute approximate surface area is 398 Å². The second-order valence-corrected chi connectivity index (χ2v) is 15.8. The van der Waals surface area contributed by atoms with E-state index in [9.17, 15) is 38.3 Å². The Morgan fingerprint density at radius 3 is 2.25 bits per heavy atom. The first kappa shape index (κ1) is 57.6. The number of esters is 1. The molecule has 0 bridgehead atoms. The van der Waals surface area contributed by atoms with Crippen LogP contribution in [-0.4, -0.2) is 114 Å². The van der Waals surface area contributed by atoms with Gasteiger partial charge in [-0.3, -0.25) is 28.8 Å². The number of halogens is 1. The molecule has 2 aromatic carbocycles. The fourth-order valence-electron chi connectivity index (χ4n) is 7.63. The predicted octanol–water partition coefficient (Wildman–Crippen LogP) is 4.10. The molecule has 4 aliphatic rings. The van der Waals surface area contributed by atoms with Crippen LogP contribution in [0.5, 0.6) is 0 Å². The van der Waals surface area contributed by atoms with E-state index in [0.29, 0.717) is 41.8 Å². The third-order valence-corrected chi connectivity index (χ3v) is 10.8. The number of fused-ring (bicyclic) bond motifs is 2. The molecule has 5 amide bonds. The van der Waals surface area contributed by atoms with Crippen LogP contribution in [0.25, 0.3) is 16.6 Å². The number of aldehydes is 1. The maximum Gasteiger partial charge on any atom is 0.340 e. The number of aliphatic hydroxyl groups excluding tert-OH is 1. The van der Waals surface area contributed by atoms with Crippen molar-refractivity contribution in [1.82, 2.24) is 25.4 Å². The number of carbonyl (C=O) groups is 7. The summed E-state index contributed by atoms with van der Waals surface area (Å²) in [6, 6.07) is 11.8. The van der Waals surface area contributed by atoms with Crippen molar-refractivity contribution in [1.29, 1.82) is 0 Å². The lowest BCUT2D eigenvalue weighted by Crippen LogP contribution is -2.41. The van der Waals surface area contributed by atoms with Gasteiger partial charge in [0.15, 0.2) is 6.10 Å². The Balaban J connectivity index is 0.000000357. The smallest absolute Gasteiger partial charge is 0.340 e. The number of nitrogens with zero attached hydrogens (tertiary/aromatic N) is 3. The van der Waals surface area contributed by atoms with E-state index >= 15 is 0 Å². The number of carbonyl (C=O) groups excluding carboxylic acids is 7. The summed E-state index contributed by atoms with van der Waals surface area (Å²) in [5, 5.41) is 16.7. The number of aromatic nitrogens is 1. The predicted molar refractivity (Wildman–Crippen MR) is 257 cm³/mol. The van der Waals surface area contributed by atoms with Crippen molar-refractivity contribution in [3.8, 4) is 0 Å². The van der Waals surface area contributed by atoms with E-state index in [1.165, 1.54) is 29.0 Å².